The van der Waals surface area contributed by atoms with E-state index >= 15 is 0 Å². The van der Waals surface area contributed by atoms with Crippen molar-refractivity contribution in [2.75, 3.05) is 31.1 Å². The molecule has 4 atom stereocenters. The van der Waals surface area contributed by atoms with Crippen molar-refractivity contribution in [3.63, 3.8) is 0 Å². The molecule has 8 nitrogen and oxygen atoms in total. The lowest BCUT2D eigenvalue weighted by molar-refractivity contribution is -0.117. The summed E-state index contributed by atoms with van der Waals surface area (Å²) in [7, 11) is 0. The van der Waals surface area contributed by atoms with Crippen LogP contribution in [0.5, 0.6) is 11.5 Å². The van der Waals surface area contributed by atoms with Crippen LogP contribution in [-0.2, 0) is 4.79 Å². The Hall–Kier alpha value is -3.01. The Kier molecular flexibility index (Phi) is 7.55. The van der Waals surface area contributed by atoms with Crippen molar-refractivity contribution >= 4 is 29.4 Å². The van der Waals surface area contributed by atoms with E-state index in [2.05, 4.69) is 27.8 Å². The lowest BCUT2D eigenvalue weighted by Crippen LogP contribution is -2.62. The van der Waals surface area contributed by atoms with Crippen LogP contribution < -0.4 is 25.6 Å². The van der Waals surface area contributed by atoms with E-state index in [4.69, 9.17) is 4.74 Å². The van der Waals surface area contributed by atoms with Crippen LogP contribution in [0.4, 0.5) is 10.5 Å². The van der Waals surface area contributed by atoms with Gasteiger partial charge in [0.15, 0.2) is 0 Å². The molecule has 4 aliphatic rings. The number of benzene rings is 2. The summed E-state index contributed by atoms with van der Waals surface area (Å²) in [6, 6.07) is 15.5. The number of hydrogen-bond donors (Lipinski definition) is 3. The summed E-state index contributed by atoms with van der Waals surface area (Å²) in [5, 5.41) is 10.1. The van der Waals surface area contributed by atoms with Gasteiger partial charge in [0.05, 0.1) is 16.3 Å². The fourth-order valence-electron chi connectivity index (χ4n) is 6.43. The van der Waals surface area contributed by atoms with Crippen LogP contribution in [0.2, 0.25) is 0 Å². The smallest absolute Gasteiger partial charge is 0.326 e. The van der Waals surface area contributed by atoms with Crippen LogP contribution in [0.25, 0.3) is 0 Å². The number of carbonyl (C=O) groups excluding carboxylic acids is 2. The lowest BCUT2D eigenvalue weighted by atomic mass is 9.86. The van der Waals surface area contributed by atoms with Crippen molar-refractivity contribution < 1.29 is 14.3 Å². The molecule has 39 heavy (non-hydrogen) atoms. The number of nitrogens with zero attached hydrogens (tertiary/aromatic N) is 2. The van der Waals surface area contributed by atoms with E-state index in [-0.39, 0.29) is 35.3 Å². The van der Waals surface area contributed by atoms with Crippen LogP contribution in [0.1, 0.15) is 38.2 Å². The van der Waals surface area contributed by atoms with Crippen molar-refractivity contribution in [2.24, 2.45) is 5.92 Å². The Bertz CT molecular complexity index is 1270. The first-order valence-corrected chi connectivity index (χ1v) is 15.0. The van der Waals surface area contributed by atoms with Gasteiger partial charge in [0.25, 0.3) is 5.91 Å². The Labute approximate surface area is 234 Å². The number of piperidine rings is 2. The zero-order chi connectivity index (χ0) is 26.9. The van der Waals surface area contributed by atoms with E-state index in [1.54, 1.807) is 11.8 Å². The molecule has 0 bridgehead atoms. The topological polar surface area (TPSA) is 85.9 Å². The van der Waals surface area contributed by atoms with Gasteiger partial charge < -0.3 is 25.6 Å². The maximum absolute atomic E-state index is 13.6. The second-order valence-electron chi connectivity index (χ2n) is 10.9. The number of ether oxygens (including phenoxy) is 1. The van der Waals surface area contributed by atoms with Crippen molar-refractivity contribution in [1.82, 2.24) is 20.9 Å². The van der Waals surface area contributed by atoms with E-state index < -0.39 is 0 Å². The molecule has 3 amide bonds. The summed E-state index contributed by atoms with van der Waals surface area (Å²) >= 11 is 1.57. The predicted octanol–water partition coefficient (Wildman–Crippen LogP) is 4.57. The minimum Gasteiger partial charge on any atom is -0.457 e. The van der Waals surface area contributed by atoms with Crippen molar-refractivity contribution in [1.29, 1.82) is 0 Å². The molecule has 3 N–H and O–H groups in total. The molecule has 2 aromatic rings. The standard InChI is InChI=1S/C30H37N5O3S/c1-3-15-34-16-7-8-20(18-34)32-28(36)27-26-25-24(13-14-31-29(25)39-27)35(30(37)33-26)23-12-11-22(17-19(23)2)38-21-9-5-4-6-10-21/h4-6,9-12,17,20,24-25,29,31H,3,7-8,13-16,18H2,1-2H3,(H,32,36)(H,33,37)/t20-,24?,25?,29?/m1/s1. The minimum absolute atomic E-state index is 0.0212. The molecule has 206 valence electrons. The lowest BCUT2D eigenvalue weighted by Gasteiger charge is -2.46. The summed E-state index contributed by atoms with van der Waals surface area (Å²) in [4.78, 5) is 32.1. The Morgan fingerprint density at radius 1 is 1.15 bits per heavy atom. The highest BCUT2D eigenvalue weighted by atomic mass is 32.2. The van der Waals surface area contributed by atoms with Crippen LogP contribution in [0.15, 0.2) is 59.1 Å². The van der Waals surface area contributed by atoms with Gasteiger partial charge in [-0.1, -0.05) is 36.9 Å². The van der Waals surface area contributed by atoms with Gasteiger partial charge in [-0.15, -0.1) is 0 Å². The Balaban J connectivity index is 1.22. The number of thioether (sulfide) groups is 1. The first kappa shape index (κ1) is 26.2. The van der Waals surface area contributed by atoms with Crippen molar-refractivity contribution in [3.05, 3.63) is 64.7 Å². The highest BCUT2D eigenvalue weighted by Gasteiger charge is 2.52. The van der Waals surface area contributed by atoms with Crippen LogP contribution in [0, 0.1) is 12.8 Å². The molecule has 3 fully saturated rings. The number of urea groups is 1. The Morgan fingerprint density at radius 2 is 2.00 bits per heavy atom. The quantitative estimate of drug-likeness (QED) is 0.471. The average Bonchev–Trinajstić information content (AvgIpc) is 3.30. The molecule has 3 unspecified atom stereocenters. The minimum atomic E-state index is -0.175. The van der Waals surface area contributed by atoms with Gasteiger partial charge in [0.2, 0.25) is 0 Å². The summed E-state index contributed by atoms with van der Waals surface area (Å²) in [5.74, 6) is 1.49. The summed E-state index contributed by atoms with van der Waals surface area (Å²) in [5.41, 5.74) is 2.63. The zero-order valence-corrected chi connectivity index (χ0v) is 23.4. The molecule has 2 aromatic carbocycles. The van der Waals surface area contributed by atoms with Crippen LogP contribution >= 0.6 is 11.8 Å². The van der Waals surface area contributed by atoms with E-state index in [1.807, 2.05) is 60.4 Å². The molecule has 0 saturated carbocycles. The van der Waals surface area contributed by atoms with Crippen molar-refractivity contribution in [3.8, 4) is 11.5 Å². The maximum atomic E-state index is 13.6. The number of aryl methyl sites for hydroxylation is 1. The molecule has 3 saturated heterocycles. The van der Waals surface area contributed by atoms with Crippen LogP contribution in [0.3, 0.4) is 0 Å². The second kappa shape index (κ2) is 11.2. The van der Waals surface area contributed by atoms with Gasteiger partial charge in [0, 0.05) is 29.9 Å². The summed E-state index contributed by atoms with van der Waals surface area (Å²) < 4.78 is 6.01. The molecule has 4 aliphatic heterocycles. The largest absolute Gasteiger partial charge is 0.457 e. The first-order valence-electron chi connectivity index (χ1n) is 14.1. The fraction of sp³-hybridized carbons (Fsp3) is 0.467. The van der Waals surface area contributed by atoms with E-state index in [0.29, 0.717) is 4.91 Å². The molecule has 0 aliphatic carbocycles. The van der Waals surface area contributed by atoms with E-state index in [0.717, 1.165) is 80.3 Å². The zero-order valence-electron chi connectivity index (χ0n) is 22.6. The van der Waals surface area contributed by atoms with Gasteiger partial charge >= 0.3 is 6.03 Å². The SMILES string of the molecule is CCCN1CCC[C@@H](NC(=O)C2=C3NC(=O)N(c4ccc(Oc5ccccc5)cc4C)C4CCNC(S2)C34)C1. The summed E-state index contributed by atoms with van der Waals surface area (Å²) in [6.45, 7) is 8.06. The first-order chi connectivity index (χ1) is 19.0. The van der Waals surface area contributed by atoms with Crippen molar-refractivity contribution in [2.45, 2.75) is 57.0 Å². The highest BCUT2D eigenvalue weighted by molar-refractivity contribution is 8.04. The molecule has 6 rings (SSSR count). The molecule has 9 heteroatoms. The van der Waals surface area contributed by atoms with Gasteiger partial charge in [-0.05, 0) is 88.1 Å². The highest BCUT2D eigenvalue weighted by Crippen LogP contribution is 2.48. The number of amides is 3. The number of para-hydroxylation sites is 1. The van der Waals surface area contributed by atoms with E-state index in [9.17, 15) is 9.59 Å². The molecule has 0 aromatic heterocycles. The van der Waals surface area contributed by atoms with Crippen LogP contribution in [-0.4, -0.2) is 60.5 Å². The van der Waals surface area contributed by atoms with Gasteiger partial charge in [-0.2, -0.15) is 0 Å². The number of likely N-dealkylation sites (tertiary alicyclic amines) is 1. The monoisotopic (exact) mass is 547 g/mol. The predicted molar refractivity (Wildman–Crippen MR) is 155 cm³/mol. The van der Waals surface area contributed by atoms with Gasteiger partial charge in [0.1, 0.15) is 11.5 Å². The molecular formula is C30H37N5O3S. The second-order valence-corrected chi connectivity index (χ2v) is 12.0. The number of anilines is 1. The third-order valence-electron chi connectivity index (χ3n) is 8.13. The maximum Gasteiger partial charge on any atom is 0.326 e. The van der Waals surface area contributed by atoms with Gasteiger partial charge in [-0.3, -0.25) is 9.69 Å². The number of hydrogen-bond acceptors (Lipinski definition) is 6. The third-order valence-corrected chi connectivity index (χ3v) is 9.49. The third kappa shape index (κ3) is 5.27. The molecule has 0 radical (unpaired) electrons. The number of carbonyl (C=O) groups is 2. The molecule has 0 spiro atoms. The fourth-order valence-corrected chi connectivity index (χ4v) is 7.83. The number of nitrogens with one attached hydrogen (secondary N) is 3. The van der Waals surface area contributed by atoms with Gasteiger partial charge in [-0.25, -0.2) is 4.79 Å². The molecule has 4 heterocycles. The normalized spacial score (nSPS) is 26.7. The molecular weight excluding hydrogens is 510 g/mol. The average molecular weight is 548 g/mol. The number of rotatable bonds is 7. The summed E-state index contributed by atoms with van der Waals surface area (Å²) in [6.07, 6.45) is 4.03. The Morgan fingerprint density at radius 3 is 2.79 bits per heavy atom. The van der Waals surface area contributed by atoms with E-state index in [1.165, 1.54) is 0 Å².